The number of allylic oxidation sites excluding steroid dienone is 2. The van der Waals surface area contributed by atoms with E-state index in [1.54, 1.807) is 0 Å². The third-order valence-electron chi connectivity index (χ3n) is 4.02. The van der Waals surface area contributed by atoms with E-state index in [1.165, 1.54) is 22.3 Å². The summed E-state index contributed by atoms with van der Waals surface area (Å²) in [7, 11) is 0. The van der Waals surface area contributed by atoms with Gasteiger partial charge in [0.15, 0.2) is 0 Å². The minimum Gasteiger partial charge on any atom is -0.102 e. The van der Waals surface area contributed by atoms with Gasteiger partial charge in [0.2, 0.25) is 0 Å². The van der Waals surface area contributed by atoms with Crippen molar-refractivity contribution < 1.29 is 0 Å². The van der Waals surface area contributed by atoms with Gasteiger partial charge in [0.1, 0.15) is 0 Å². The Balaban J connectivity index is 2.55. The van der Waals surface area contributed by atoms with Crippen molar-refractivity contribution in [2.75, 3.05) is 0 Å². The molecule has 0 unspecified atom stereocenters. The monoisotopic (exact) mass is 276 g/mol. The largest absolute Gasteiger partial charge is 0.102 e. The molecule has 0 heteroatoms. The standard InChI is InChI=1S/C21H24/c1-6-20(15(2)3)21(18-12-10-16(4)11-13-18)19-9-7-8-17(5)14-19/h6-14,20-21H,1-2H2,3-5H3/t20-,21+/m1/s1. The van der Waals surface area contributed by atoms with Crippen LogP contribution < -0.4 is 0 Å². The van der Waals surface area contributed by atoms with E-state index in [9.17, 15) is 0 Å². The summed E-state index contributed by atoms with van der Waals surface area (Å²) in [5, 5.41) is 0. The lowest BCUT2D eigenvalue weighted by Crippen LogP contribution is -2.13. The van der Waals surface area contributed by atoms with Crippen LogP contribution in [0.3, 0.4) is 0 Å². The van der Waals surface area contributed by atoms with Gasteiger partial charge in [-0.3, -0.25) is 0 Å². The molecule has 2 rings (SSSR count). The van der Waals surface area contributed by atoms with Crippen LogP contribution in [0.2, 0.25) is 0 Å². The number of aryl methyl sites for hydroxylation is 2. The minimum atomic E-state index is 0.245. The van der Waals surface area contributed by atoms with Crippen molar-refractivity contribution >= 4 is 0 Å². The van der Waals surface area contributed by atoms with Gasteiger partial charge in [0.05, 0.1) is 0 Å². The summed E-state index contributed by atoms with van der Waals surface area (Å²) in [6.45, 7) is 14.5. The van der Waals surface area contributed by atoms with Crippen LogP contribution in [-0.4, -0.2) is 0 Å². The Bertz CT molecular complexity index is 631. The molecule has 0 amide bonds. The summed E-state index contributed by atoms with van der Waals surface area (Å²) in [5.41, 5.74) is 6.37. The van der Waals surface area contributed by atoms with Gasteiger partial charge in [-0.15, -0.1) is 6.58 Å². The van der Waals surface area contributed by atoms with Crippen molar-refractivity contribution in [2.45, 2.75) is 26.7 Å². The summed E-state index contributed by atoms with van der Waals surface area (Å²) >= 11 is 0. The van der Waals surface area contributed by atoms with E-state index >= 15 is 0 Å². The zero-order valence-electron chi connectivity index (χ0n) is 13.3. The van der Waals surface area contributed by atoms with Crippen molar-refractivity contribution in [3.8, 4) is 0 Å². The van der Waals surface area contributed by atoms with E-state index in [0.29, 0.717) is 0 Å². The molecule has 0 saturated heterocycles. The van der Waals surface area contributed by atoms with E-state index < -0.39 is 0 Å². The van der Waals surface area contributed by atoms with E-state index in [-0.39, 0.29) is 11.8 Å². The molecule has 0 heterocycles. The molecule has 2 aromatic rings. The lowest BCUT2D eigenvalue weighted by molar-refractivity contribution is 0.653. The zero-order valence-corrected chi connectivity index (χ0v) is 13.3. The van der Waals surface area contributed by atoms with E-state index in [0.717, 1.165) is 5.57 Å². The quantitative estimate of drug-likeness (QED) is 0.604. The maximum atomic E-state index is 4.17. The molecule has 0 aliphatic carbocycles. The second-order valence-corrected chi connectivity index (χ2v) is 5.91. The average Bonchev–Trinajstić information content (AvgIpc) is 2.45. The third-order valence-corrected chi connectivity index (χ3v) is 4.02. The zero-order chi connectivity index (χ0) is 15.4. The molecular weight excluding hydrogens is 252 g/mol. The van der Waals surface area contributed by atoms with Gasteiger partial charge >= 0.3 is 0 Å². The fourth-order valence-electron chi connectivity index (χ4n) is 2.87. The van der Waals surface area contributed by atoms with E-state index in [2.05, 4.69) is 82.5 Å². The van der Waals surface area contributed by atoms with Crippen molar-refractivity contribution in [1.29, 1.82) is 0 Å². The van der Waals surface area contributed by atoms with Crippen LogP contribution in [0.25, 0.3) is 0 Å². The molecule has 0 spiro atoms. The van der Waals surface area contributed by atoms with Gasteiger partial charge in [-0.25, -0.2) is 0 Å². The Kier molecular flexibility index (Phi) is 4.80. The molecule has 0 saturated carbocycles. The lowest BCUT2D eigenvalue weighted by Gasteiger charge is -2.26. The number of benzene rings is 2. The summed E-state index contributed by atoms with van der Waals surface area (Å²) in [6.07, 6.45) is 2.02. The molecule has 108 valence electrons. The molecule has 0 aliphatic rings. The predicted octanol–water partition coefficient (Wildman–Crippen LogP) is 5.81. The van der Waals surface area contributed by atoms with Gasteiger partial charge in [0.25, 0.3) is 0 Å². The number of hydrogen-bond acceptors (Lipinski definition) is 0. The van der Waals surface area contributed by atoms with E-state index in [1.807, 2.05) is 6.08 Å². The molecule has 2 aromatic carbocycles. The van der Waals surface area contributed by atoms with Gasteiger partial charge in [-0.1, -0.05) is 77.9 Å². The van der Waals surface area contributed by atoms with Gasteiger partial charge < -0.3 is 0 Å². The fourth-order valence-corrected chi connectivity index (χ4v) is 2.87. The first kappa shape index (κ1) is 15.3. The van der Waals surface area contributed by atoms with Crippen LogP contribution in [0.5, 0.6) is 0 Å². The van der Waals surface area contributed by atoms with Crippen molar-refractivity contribution in [3.63, 3.8) is 0 Å². The van der Waals surface area contributed by atoms with Crippen LogP contribution >= 0.6 is 0 Å². The summed E-state index contributed by atoms with van der Waals surface area (Å²) in [4.78, 5) is 0. The highest BCUT2D eigenvalue weighted by Crippen LogP contribution is 2.36. The summed E-state index contributed by atoms with van der Waals surface area (Å²) in [5.74, 6) is 0.523. The molecule has 0 bridgehead atoms. The van der Waals surface area contributed by atoms with Gasteiger partial charge in [-0.2, -0.15) is 0 Å². The number of rotatable bonds is 5. The van der Waals surface area contributed by atoms with Crippen molar-refractivity contribution in [3.05, 3.63) is 95.6 Å². The Labute approximate surface area is 128 Å². The van der Waals surface area contributed by atoms with Crippen LogP contribution in [0.4, 0.5) is 0 Å². The molecule has 0 aliphatic heterocycles. The Hall–Kier alpha value is -2.08. The Morgan fingerprint density at radius 1 is 0.952 bits per heavy atom. The average molecular weight is 276 g/mol. The minimum absolute atomic E-state index is 0.245. The molecule has 21 heavy (non-hydrogen) atoms. The summed E-state index contributed by atoms with van der Waals surface area (Å²) in [6, 6.07) is 17.5. The van der Waals surface area contributed by atoms with Gasteiger partial charge in [-0.05, 0) is 31.9 Å². The second kappa shape index (κ2) is 6.58. The second-order valence-electron chi connectivity index (χ2n) is 5.91. The van der Waals surface area contributed by atoms with Crippen LogP contribution in [0.1, 0.15) is 35.1 Å². The van der Waals surface area contributed by atoms with Gasteiger partial charge in [0, 0.05) is 11.8 Å². The molecule has 0 nitrogen and oxygen atoms in total. The first-order chi connectivity index (χ1) is 10.0. The highest BCUT2D eigenvalue weighted by atomic mass is 14.3. The SMILES string of the molecule is C=C[C@H](C(=C)C)[C@@H](c1ccc(C)cc1)c1cccc(C)c1. The fraction of sp³-hybridized carbons (Fsp3) is 0.238. The molecule has 0 radical (unpaired) electrons. The van der Waals surface area contributed by atoms with E-state index in [4.69, 9.17) is 0 Å². The molecule has 0 aromatic heterocycles. The molecule has 0 N–H and O–H groups in total. The molecule has 2 atom stereocenters. The maximum Gasteiger partial charge on any atom is 0.0189 e. The Morgan fingerprint density at radius 3 is 2.14 bits per heavy atom. The molecular formula is C21H24. The molecule has 0 fully saturated rings. The highest BCUT2D eigenvalue weighted by Gasteiger charge is 2.23. The topological polar surface area (TPSA) is 0 Å². The van der Waals surface area contributed by atoms with Crippen LogP contribution in [0, 0.1) is 19.8 Å². The van der Waals surface area contributed by atoms with Crippen LogP contribution in [0.15, 0.2) is 73.3 Å². The normalized spacial score (nSPS) is 13.5. The predicted molar refractivity (Wildman–Crippen MR) is 92.7 cm³/mol. The summed E-state index contributed by atoms with van der Waals surface area (Å²) < 4.78 is 0. The highest BCUT2D eigenvalue weighted by molar-refractivity contribution is 5.39. The lowest BCUT2D eigenvalue weighted by atomic mass is 9.77. The third kappa shape index (κ3) is 3.52. The Morgan fingerprint density at radius 2 is 1.62 bits per heavy atom. The maximum absolute atomic E-state index is 4.17. The van der Waals surface area contributed by atoms with Crippen molar-refractivity contribution in [2.24, 2.45) is 5.92 Å². The smallest absolute Gasteiger partial charge is 0.0189 e. The first-order valence-corrected chi connectivity index (χ1v) is 7.44. The van der Waals surface area contributed by atoms with Crippen molar-refractivity contribution in [1.82, 2.24) is 0 Å². The first-order valence-electron chi connectivity index (χ1n) is 7.44. The van der Waals surface area contributed by atoms with Crippen LogP contribution in [-0.2, 0) is 0 Å². The number of hydrogen-bond donors (Lipinski definition) is 0.